The molecule has 98 valence electrons. The molecule has 6 heteroatoms. The zero-order valence-corrected chi connectivity index (χ0v) is 11.7. The smallest absolute Gasteiger partial charge is 0.337 e. The topological polar surface area (TPSA) is 59.0 Å². The largest absolute Gasteiger partial charge is 0.478 e. The first-order valence-corrected chi connectivity index (χ1v) is 6.19. The van der Waals surface area contributed by atoms with Gasteiger partial charge in [-0.15, -0.1) is 0 Å². The van der Waals surface area contributed by atoms with Gasteiger partial charge in [0, 0.05) is 18.7 Å². The molecule has 1 N–H and O–H groups in total. The number of hydrogen-bond donors (Lipinski definition) is 1. The lowest BCUT2D eigenvalue weighted by molar-refractivity contribution is -0.219. The predicted molar refractivity (Wildman–Crippen MR) is 70.1 cm³/mol. The number of carboxylic acid groups (broad SMARTS) is 1. The maximum absolute atomic E-state index is 11.2. The summed E-state index contributed by atoms with van der Waals surface area (Å²) in [6.07, 6.45) is 0. The summed E-state index contributed by atoms with van der Waals surface area (Å²) in [4.78, 5) is 13.1. The second-order valence-corrected chi connectivity index (χ2v) is 5.06. The quantitative estimate of drug-likeness (QED) is 0.861. The highest BCUT2D eigenvalue weighted by atomic mass is 79.9. The highest BCUT2D eigenvalue weighted by Crippen LogP contribution is 2.34. The van der Waals surface area contributed by atoms with Crippen LogP contribution < -0.4 is 4.90 Å². The highest BCUT2D eigenvalue weighted by Gasteiger charge is 2.44. The number of ether oxygens (including phenoxy) is 2. The molecule has 0 unspecified atom stereocenters. The van der Waals surface area contributed by atoms with Crippen LogP contribution in [0, 0.1) is 0 Å². The number of anilines is 1. The molecule has 1 saturated heterocycles. The number of benzene rings is 1. The molecule has 1 aliphatic heterocycles. The second-order valence-electron chi connectivity index (χ2n) is 4.14. The Hall–Kier alpha value is -1.11. The molecule has 18 heavy (non-hydrogen) atoms. The van der Waals surface area contributed by atoms with Crippen molar-refractivity contribution in [1.82, 2.24) is 0 Å². The zero-order chi connectivity index (χ0) is 13.3. The third-order valence-electron chi connectivity index (χ3n) is 3.14. The summed E-state index contributed by atoms with van der Waals surface area (Å²) in [5.74, 6) is -1.57. The van der Waals surface area contributed by atoms with Crippen LogP contribution in [0.4, 0.5) is 5.69 Å². The van der Waals surface area contributed by atoms with Gasteiger partial charge < -0.3 is 19.5 Å². The van der Waals surface area contributed by atoms with E-state index in [1.807, 2.05) is 4.90 Å². The molecule has 0 aromatic heterocycles. The molecule has 0 radical (unpaired) electrons. The van der Waals surface area contributed by atoms with Crippen LogP contribution in [0.25, 0.3) is 0 Å². The monoisotopic (exact) mass is 315 g/mol. The van der Waals surface area contributed by atoms with Crippen molar-refractivity contribution in [3.63, 3.8) is 0 Å². The molecule has 0 amide bonds. The Kier molecular flexibility index (Phi) is 3.61. The van der Waals surface area contributed by atoms with Crippen molar-refractivity contribution in [1.29, 1.82) is 0 Å². The third-order valence-corrected chi connectivity index (χ3v) is 3.63. The zero-order valence-electron chi connectivity index (χ0n) is 10.1. The average Bonchev–Trinajstić information content (AvgIpc) is 2.28. The van der Waals surface area contributed by atoms with Crippen LogP contribution in [-0.4, -0.2) is 44.2 Å². The van der Waals surface area contributed by atoms with Gasteiger partial charge in [-0.25, -0.2) is 4.79 Å². The summed E-state index contributed by atoms with van der Waals surface area (Å²) in [7, 11) is 3.17. The summed E-state index contributed by atoms with van der Waals surface area (Å²) in [5, 5.41) is 9.17. The van der Waals surface area contributed by atoms with E-state index in [9.17, 15) is 4.79 Å². The van der Waals surface area contributed by atoms with Crippen molar-refractivity contribution in [3.05, 3.63) is 28.2 Å². The molecule has 2 rings (SSSR count). The molecule has 1 aliphatic rings. The van der Waals surface area contributed by atoms with Gasteiger partial charge in [-0.05, 0) is 18.2 Å². The van der Waals surface area contributed by atoms with Crippen LogP contribution in [0.2, 0.25) is 0 Å². The Morgan fingerprint density at radius 3 is 2.50 bits per heavy atom. The van der Waals surface area contributed by atoms with Gasteiger partial charge in [0.05, 0.1) is 24.3 Å². The Morgan fingerprint density at radius 2 is 2.00 bits per heavy atom. The van der Waals surface area contributed by atoms with Crippen molar-refractivity contribution < 1.29 is 19.4 Å². The minimum Gasteiger partial charge on any atom is -0.478 e. The fourth-order valence-corrected chi connectivity index (χ4v) is 2.34. The van der Waals surface area contributed by atoms with Gasteiger partial charge in [-0.2, -0.15) is 0 Å². The summed E-state index contributed by atoms with van der Waals surface area (Å²) in [6, 6.07) is 5.09. The first-order chi connectivity index (χ1) is 8.51. The molecule has 1 heterocycles. The molecule has 0 saturated carbocycles. The average molecular weight is 316 g/mol. The van der Waals surface area contributed by atoms with Crippen LogP contribution in [0.15, 0.2) is 22.7 Å². The van der Waals surface area contributed by atoms with Crippen molar-refractivity contribution >= 4 is 27.6 Å². The van der Waals surface area contributed by atoms with Gasteiger partial charge in [0.2, 0.25) is 5.79 Å². The van der Waals surface area contributed by atoms with Gasteiger partial charge in [-0.1, -0.05) is 15.9 Å². The number of rotatable bonds is 4. The Balaban J connectivity index is 2.25. The van der Waals surface area contributed by atoms with Gasteiger partial charge in [0.25, 0.3) is 0 Å². The standard InChI is InChI=1S/C12H14BrNO4/c1-17-12(18-2)6-14(7-12)10-5-8(13)3-4-9(10)11(15)16/h3-5H,6-7H2,1-2H3,(H,15,16). The first kappa shape index (κ1) is 13.3. The lowest BCUT2D eigenvalue weighted by Gasteiger charge is -2.49. The van der Waals surface area contributed by atoms with Gasteiger partial charge >= 0.3 is 5.97 Å². The van der Waals surface area contributed by atoms with E-state index in [2.05, 4.69) is 15.9 Å². The fraction of sp³-hybridized carbons (Fsp3) is 0.417. The Bertz CT molecular complexity index is 465. The van der Waals surface area contributed by atoms with Crippen LogP contribution in [-0.2, 0) is 9.47 Å². The number of aromatic carboxylic acids is 1. The minimum atomic E-state index is -0.940. The Morgan fingerprint density at radius 1 is 1.39 bits per heavy atom. The normalized spacial score (nSPS) is 17.4. The Labute approximate surface area is 113 Å². The van der Waals surface area contributed by atoms with E-state index < -0.39 is 11.8 Å². The predicted octanol–water partition coefficient (Wildman–Crippen LogP) is 1.96. The molecule has 1 aromatic carbocycles. The number of carboxylic acids is 1. The van der Waals surface area contributed by atoms with Crippen LogP contribution in [0.3, 0.4) is 0 Å². The molecule has 1 aromatic rings. The van der Waals surface area contributed by atoms with E-state index in [1.54, 1.807) is 32.4 Å². The van der Waals surface area contributed by atoms with Gasteiger partial charge in [0.1, 0.15) is 0 Å². The van der Waals surface area contributed by atoms with Gasteiger partial charge in [-0.3, -0.25) is 0 Å². The second kappa shape index (κ2) is 4.87. The van der Waals surface area contributed by atoms with Crippen LogP contribution in [0.5, 0.6) is 0 Å². The van der Waals surface area contributed by atoms with Gasteiger partial charge in [0.15, 0.2) is 0 Å². The fourth-order valence-electron chi connectivity index (χ4n) is 1.99. The number of carbonyl (C=O) groups is 1. The SMILES string of the molecule is COC1(OC)CN(c2cc(Br)ccc2C(=O)O)C1. The molecule has 0 bridgehead atoms. The first-order valence-electron chi connectivity index (χ1n) is 5.39. The van der Waals surface area contributed by atoms with Crippen molar-refractivity contribution in [2.45, 2.75) is 5.79 Å². The third kappa shape index (κ3) is 2.23. The molecule has 5 nitrogen and oxygen atoms in total. The van der Waals surface area contributed by atoms with Crippen LogP contribution in [0.1, 0.15) is 10.4 Å². The highest BCUT2D eigenvalue weighted by molar-refractivity contribution is 9.10. The molecule has 0 aliphatic carbocycles. The lowest BCUT2D eigenvalue weighted by atomic mass is 10.0. The van der Waals surface area contributed by atoms with E-state index in [0.29, 0.717) is 18.8 Å². The molecule has 0 atom stereocenters. The van der Waals surface area contributed by atoms with E-state index >= 15 is 0 Å². The van der Waals surface area contributed by atoms with Crippen molar-refractivity contribution in [2.75, 3.05) is 32.2 Å². The maximum atomic E-state index is 11.2. The number of halogens is 1. The summed E-state index contributed by atoms with van der Waals surface area (Å²) in [5.41, 5.74) is 0.945. The number of hydrogen-bond acceptors (Lipinski definition) is 4. The molecule has 1 fully saturated rings. The van der Waals surface area contributed by atoms with Crippen molar-refractivity contribution in [2.24, 2.45) is 0 Å². The van der Waals surface area contributed by atoms with E-state index in [-0.39, 0.29) is 5.56 Å². The maximum Gasteiger partial charge on any atom is 0.337 e. The molecular formula is C12H14BrNO4. The molecular weight excluding hydrogens is 302 g/mol. The van der Waals surface area contributed by atoms with E-state index in [1.165, 1.54) is 0 Å². The van der Waals surface area contributed by atoms with E-state index in [0.717, 1.165) is 4.47 Å². The number of methoxy groups -OCH3 is 2. The lowest BCUT2D eigenvalue weighted by Crippen LogP contribution is -2.64. The summed E-state index contributed by atoms with van der Waals surface area (Å²) in [6.45, 7) is 1.02. The number of nitrogens with zero attached hydrogens (tertiary/aromatic N) is 1. The minimum absolute atomic E-state index is 0.277. The molecule has 0 spiro atoms. The van der Waals surface area contributed by atoms with Crippen molar-refractivity contribution in [3.8, 4) is 0 Å². The van der Waals surface area contributed by atoms with E-state index in [4.69, 9.17) is 14.6 Å². The van der Waals surface area contributed by atoms with Crippen LogP contribution >= 0.6 is 15.9 Å². The summed E-state index contributed by atoms with van der Waals surface area (Å²) < 4.78 is 11.4. The summed E-state index contributed by atoms with van der Waals surface area (Å²) >= 11 is 3.35.